The minimum absolute atomic E-state index is 0.0244. The molecule has 1 saturated carbocycles. The van der Waals surface area contributed by atoms with Crippen LogP contribution in [0.3, 0.4) is 0 Å². The smallest absolute Gasteiger partial charge is 0.385 e. The van der Waals surface area contributed by atoms with Crippen molar-refractivity contribution in [2.24, 2.45) is 11.1 Å². The molecule has 2 N–H and O–H groups in total. The van der Waals surface area contributed by atoms with Gasteiger partial charge in [-0.3, -0.25) is 4.79 Å². The molecule has 0 aromatic carbocycles. The first-order valence-electron chi connectivity index (χ1n) is 9.57. The number of anilines is 1. The lowest BCUT2D eigenvalue weighted by Crippen LogP contribution is -2.53. The van der Waals surface area contributed by atoms with Gasteiger partial charge in [0, 0.05) is 52.1 Å². The van der Waals surface area contributed by atoms with Gasteiger partial charge in [-0.2, -0.15) is 13.2 Å². The molecular weight excluding hydrogens is 373 g/mol. The molecule has 1 aromatic heterocycles. The largest absolute Gasteiger partial charge is 0.416 e. The van der Waals surface area contributed by atoms with E-state index in [9.17, 15) is 18.0 Å². The molecule has 28 heavy (non-hydrogen) atoms. The fourth-order valence-electron chi connectivity index (χ4n) is 4.24. The highest BCUT2D eigenvalue weighted by molar-refractivity contribution is 5.83. The molecule has 1 saturated heterocycles. The summed E-state index contributed by atoms with van der Waals surface area (Å²) in [5.41, 5.74) is 4.88. The Morgan fingerprint density at radius 2 is 2.07 bits per heavy atom. The molecular formula is C19H27F3N4O2. The Labute approximate surface area is 162 Å². The van der Waals surface area contributed by atoms with Crippen molar-refractivity contribution in [1.29, 1.82) is 0 Å². The number of rotatable bonds is 5. The summed E-state index contributed by atoms with van der Waals surface area (Å²) in [6, 6.07) is 2.05. The zero-order valence-electron chi connectivity index (χ0n) is 16.0. The van der Waals surface area contributed by atoms with Crippen LogP contribution in [-0.4, -0.2) is 61.7 Å². The number of hydrogen-bond acceptors (Lipinski definition) is 5. The number of hydrogen-bond donors (Lipinski definition) is 1. The highest BCUT2D eigenvalue weighted by Crippen LogP contribution is 2.42. The third-order valence-corrected chi connectivity index (χ3v) is 5.85. The highest BCUT2D eigenvalue weighted by Gasteiger charge is 2.46. The molecule has 1 aliphatic carbocycles. The van der Waals surface area contributed by atoms with Crippen LogP contribution in [0.5, 0.6) is 0 Å². The predicted molar refractivity (Wildman–Crippen MR) is 98.8 cm³/mol. The monoisotopic (exact) mass is 400 g/mol. The average molecular weight is 400 g/mol. The summed E-state index contributed by atoms with van der Waals surface area (Å²) in [5, 5.41) is 0. The second-order valence-electron chi connectivity index (χ2n) is 7.71. The van der Waals surface area contributed by atoms with E-state index in [1.54, 1.807) is 12.0 Å². The first kappa shape index (κ1) is 20.9. The number of ether oxygens (including phenoxy) is 1. The first-order valence-corrected chi connectivity index (χ1v) is 9.57. The van der Waals surface area contributed by atoms with Gasteiger partial charge in [-0.25, -0.2) is 4.98 Å². The summed E-state index contributed by atoms with van der Waals surface area (Å²) >= 11 is 0. The highest BCUT2D eigenvalue weighted by atomic mass is 19.4. The maximum Gasteiger partial charge on any atom is 0.416 e. The number of amides is 1. The second kappa shape index (κ2) is 8.24. The number of methoxy groups -OCH3 is 1. The summed E-state index contributed by atoms with van der Waals surface area (Å²) in [4.78, 5) is 20.9. The van der Waals surface area contributed by atoms with Gasteiger partial charge in [0.1, 0.15) is 5.82 Å². The van der Waals surface area contributed by atoms with Crippen LogP contribution in [0.1, 0.15) is 31.2 Å². The van der Waals surface area contributed by atoms with Gasteiger partial charge in [0.25, 0.3) is 0 Å². The third-order valence-electron chi connectivity index (χ3n) is 5.85. The van der Waals surface area contributed by atoms with Crippen molar-refractivity contribution in [3.05, 3.63) is 23.9 Å². The Morgan fingerprint density at radius 1 is 1.36 bits per heavy atom. The van der Waals surface area contributed by atoms with Crippen molar-refractivity contribution in [3.8, 4) is 0 Å². The maximum absolute atomic E-state index is 13.2. The molecule has 0 bridgehead atoms. The number of aromatic nitrogens is 1. The second-order valence-corrected chi connectivity index (χ2v) is 7.71. The van der Waals surface area contributed by atoms with Crippen molar-refractivity contribution in [2.75, 3.05) is 44.8 Å². The molecule has 2 aliphatic rings. The van der Waals surface area contributed by atoms with Crippen molar-refractivity contribution in [1.82, 2.24) is 9.88 Å². The Morgan fingerprint density at radius 3 is 2.64 bits per heavy atom. The lowest BCUT2D eigenvalue weighted by molar-refractivity contribution is -0.143. The average Bonchev–Trinajstić information content (AvgIpc) is 3.07. The number of piperazine rings is 1. The first-order chi connectivity index (χ1) is 13.2. The molecule has 0 radical (unpaired) electrons. The normalized spacial score (nSPS) is 26.0. The van der Waals surface area contributed by atoms with E-state index in [2.05, 4.69) is 4.98 Å². The molecule has 3 rings (SSSR count). The van der Waals surface area contributed by atoms with Gasteiger partial charge in [-0.05, 0) is 37.8 Å². The Bertz CT molecular complexity index is 692. The summed E-state index contributed by atoms with van der Waals surface area (Å²) in [7, 11) is 1.62. The van der Waals surface area contributed by atoms with Gasteiger partial charge in [-0.1, -0.05) is 0 Å². The molecule has 0 spiro atoms. The number of carbonyl (C=O) groups is 1. The van der Waals surface area contributed by atoms with Crippen molar-refractivity contribution < 1.29 is 22.7 Å². The molecule has 2 heterocycles. The fourth-order valence-corrected chi connectivity index (χ4v) is 4.24. The minimum atomic E-state index is -4.40. The number of nitrogens with zero attached hydrogens (tertiary/aromatic N) is 3. The van der Waals surface area contributed by atoms with Crippen LogP contribution < -0.4 is 10.6 Å². The minimum Gasteiger partial charge on any atom is -0.385 e. The van der Waals surface area contributed by atoms with Crippen LogP contribution in [0, 0.1) is 5.41 Å². The topological polar surface area (TPSA) is 71.7 Å². The molecule has 1 aromatic rings. The van der Waals surface area contributed by atoms with Gasteiger partial charge in [0.2, 0.25) is 5.91 Å². The van der Waals surface area contributed by atoms with Crippen LogP contribution in [0.25, 0.3) is 0 Å². The predicted octanol–water partition coefficient (Wildman–Crippen LogP) is 2.28. The zero-order valence-corrected chi connectivity index (χ0v) is 16.0. The Kier molecular flexibility index (Phi) is 6.14. The van der Waals surface area contributed by atoms with E-state index in [1.807, 2.05) is 4.90 Å². The summed E-state index contributed by atoms with van der Waals surface area (Å²) in [5.74, 6) is 0.382. The van der Waals surface area contributed by atoms with Gasteiger partial charge in [0.05, 0.1) is 11.0 Å². The van der Waals surface area contributed by atoms with E-state index < -0.39 is 17.2 Å². The molecule has 1 amide bonds. The summed E-state index contributed by atoms with van der Waals surface area (Å²) in [6.07, 6.45) is -0.342. The Hall–Kier alpha value is -1.87. The van der Waals surface area contributed by atoms with Gasteiger partial charge >= 0.3 is 6.18 Å². The van der Waals surface area contributed by atoms with Crippen molar-refractivity contribution in [3.63, 3.8) is 0 Å². The molecule has 2 atom stereocenters. The van der Waals surface area contributed by atoms with Gasteiger partial charge < -0.3 is 20.3 Å². The number of alkyl halides is 3. The van der Waals surface area contributed by atoms with Gasteiger partial charge in [-0.15, -0.1) is 0 Å². The maximum atomic E-state index is 13.2. The molecule has 156 valence electrons. The number of pyridine rings is 1. The van der Waals surface area contributed by atoms with Crippen LogP contribution >= 0.6 is 0 Å². The van der Waals surface area contributed by atoms with Crippen LogP contribution in [0.4, 0.5) is 19.0 Å². The van der Waals surface area contributed by atoms with Gasteiger partial charge in [0.15, 0.2) is 0 Å². The van der Waals surface area contributed by atoms with E-state index in [-0.39, 0.29) is 11.9 Å². The number of carbonyl (C=O) groups excluding carboxylic acids is 1. The molecule has 1 aliphatic heterocycles. The van der Waals surface area contributed by atoms with Crippen LogP contribution in [-0.2, 0) is 15.7 Å². The quantitative estimate of drug-likeness (QED) is 0.821. The van der Waals surface area contributed by atoms with E-state index in [0.717, 1.165) is 25.0 Å². The standard InChI is InChI=1S/C19H27F3N4O2/c1-28-11-5-18(4-2-15(23)13-18)17(27)26-9-7-25(8-10-26)16-12-14(3-6-24-16)19(20,21)22/h3,6,12,15H,2,4-5,7-11,13,23H2,1H3/t15-,18-/m1/s1. The number of nitrogens with two attached hydrogens (primary N) is 1. The zero-order chi connectivity index (χ0) is 20.4. The molecule has 6 nitrogen and oxygen atoms in total. The summed E-state index contributed by atoms with van der Waals surface area (Å²) in [6.45, 7) is 2.33. The van der Waals surface area contributed by atoms with E-state index in [4.69, 9.17) is 10.5 Å². The van der Waals surface area contributed by atoms with E-state index in [1.165, 1.54) is 6.20 Å². The van der Waals surface area contributed by atoms with E-state index in [0.29, 0.717) is 51.4 Å². The number of halogens is 3. The summed E-state index contributed by atoms with van der Waals surface area (Å²) < 4.78 is 44.0. The molecule has 2 fully saturated rings. The van der Waals surface area contributed by atoms with E-state index >= 15 is 0 Å². The lowest BCUT2D eigenvalue weighted by atomic mass is 9.81. The van der Waals surface area contributed by atoms with Crippen molar-refractivity contribution >= 4 is 11.7 Å². The lowest BCUT2D eigenvalue weighted by Gasteiger charge is -2.40. The molecule has 0 unspecified atom stereocenters. The fraction of sp³-hybridized carbons (Fsp3) is 0.684. The SMILES string of the molecule is COCC[C@]1(C(=O)N2CCN(c3cc(C(F)(F)F)ccn3)CC2)CC[C@@H](N)C1. The third kappa shape index (κ3) is 4.41. The Balaban J connectivity index is 1.65. The van der Waals surface area contributed by atoms with Crippen molar-refractivity contribution in [2.45, 2.75) is 37.9 Å². The van der Waals surface area contributed by atoms with Crippen LogP contribution in [0.2, 0.25) is 0 Å². The van der Waals surface area contributed by atoms with Crippen LogP contribution in [0.15, 0.2) is 18.3 Å². The molecule has 9 heteroatoms.